The average molecular weight is 415 g/mol. The highest BCUT2D eigenvalue weighted by Gasteiger charge is 2.33. The zero-order valence-electron chi connectivity index (χ0n) is 18.0. The van der Waals surface area contributed by atoms with Gasteiger partial charge in [0.2, 0.25) is 0 Å². The zero-order valence-corrected chi connectivity index (χ0v) is 18.0. The summed E-state index contributed by atoms with van der Waals surface area (Å²) < 4.78 is 21.3. The Labute approximate surface area is 177 Å². The second-order valence-electron chi connectivity index (χ2n) is 7.25. The van der Waals surface area contributed by atoms with Crippen LogP contribution in [0.2, 0.25) is 0 Å². The molecule has 1 aliphatic rings. The number of methoxy groups -OCH3 is 4. The Balaban J connectivity index is 1.74. The molecule has 2 aromatic rings. The molecule has 0 aromatic heterocycles. The van der Waals surface area contributed by atoms with Crippen molar-refractivity contribution in [2.24, 2.45) is 0 Å². The number of rotatable bonds is 7. The molecule has 3 rings (SSSR count). The number of ether oxygens (including phenoxy) is 4. The first-order valence-electron chi connectivity index (χ1n) is 9.68. The van der Waals surface area contributed by atoms with Crippen molar-refractivity contribution in [1.82, 2.24) is 10.2 Å². The molecule has 0 saturated carbocycles. The van der Waals surface area contributed by atoms with E-state index in [1.54, 1.807) is 46.6 Å². The number of likely N-dealkylation sites (N-methyl/N-ethyl adjacent to an activating group) is 1. The molecule has 0 aliphatic carbocycles. The quantitative estimate of drug-likeness (QED) is 0.724. The summed E-state index contributed by atoms with van der Waals surface area (Å²) in [6.45, 7) is 1.57. The van der Waals surface area contributed by atoms with Gasteiger partial charge in [-0.2, -0.15) is 0 Å². The summed E-state index contributed by atoms with van der Waals surface area (Å²) in [4.78, 5) is 14.9. The van der Waals surface area contributed by atoms with Crippen LogP contribution in [-0.4, -0.2) is 65.5 Å². The van der Waals surface area contributed by atoms with E-state index in [0.717, 1.165) is 18.7 Å². The van der Waals surface area contributed by atoms with Crippen LogP contribution in [0.1, 0.15) is 11.5 Å². The number of nitrogens with one attached hydrogen (secondary N) is 2. The highest BCUT2D eigenvalue weighted by molar-refractivity contribution is 5.90. The molecular weight excluding hydrogens is 386 g/mol. The molecule has 2 atom stereocenters. The molecule has 2 aromatic carbocycles. The second-order valence-corrected chi connectivity index (χ2v) is 7.25. The van der Waals surface area contributed by atoms with Crippen molar-refractivity contribution < 1.29 is 23.7 Å². The summed E-state index contributed by atoms with van der Waals surface area (Å²) in [5.41, 5.74) is 1.68. The van der Waals surface area contributed by atoms with Crippen molar-refractivity contribution in [1.29, 1.82) is 0 Å². The SMILES string of the molecule is COc1cc(NC(=O)N[C@@H]2CN(C)C[C@H]2c2ccc(OC)c(OC)c2)cc(OC)c1. The number of amides is 2. The zero-order chi connectivity index (χ0) is 21.7. The van der Waals surface area contributed by atoms with E-state index in [1.165, 1.54) is 0 Å². The Bertz CT molecular complexity index is 867. The van der Waals surface area contributed by atoms with E-state index in [2.05, 4.69) is 15.5 Å². The van der Waals surface area contributed by atoms with Crippen LogP contribution in [0.3, 0.4) is 0 Å². The van der Waals surface area contributed by atoms with E-state index in [9.17, 15) is 4.79 Å². The van der Waals surface area contributed by atoms with Crippen LogP contribution in [0.5, 0.6) is 23.0 Å². The first-order chi connectivity index (χ1) is 14.5. The molecule has 30 heavy (non-hydrogen) atoms. The molecule has 0 unspecified atom stereocenters. The number of carbonyl (C=O) groups is 1. The third-order valence-electron chi connectivity index (χ3n) is 5.26. The summed E-state index contributed by atoms with van der Waals surface area (Å²) in [7, 11) is 8.42. The van der Waals surface area contributed by atoms with E-state index < -0.39 is 0 Å². The minimum atomic E-state index is -0.281. The van der Waals surface area contributed by atoms with E-state index in [-0.39, 0.29) is 18.0 Å². The number of hydrogen-bond acceptors (Lipinski definition) is 6. The molecule has 162 valence electrons. The fourth-order valence-corrected chi connectivity index (χ4v) is 3.78. The van der Waals surface area contributed by atoms with Gasteiger partial charge in [0.15, 0.2) is 11.5 Å². The van der Waals surface area contributed by atoms with Gasteiger partial charge >= 0.3 is 6.03 Å². The molecule has 0 spiro atoms. The maximum absolute atomic E-state index is 12.7. The molecule has 1 aliphatic heterocycles. The first kappa shape index (κ1) is 21.6. The molecule has 1 fully saturated rings. The van der Waals surface area contributed by atoms with Crippen LogP contribution in [0.15, 0.2) is 36.4 Å². The number of urea groups is 1. The van der Waals surface area contributed by atoms with Crippen LogP contribution in [-0.2, 0) is 0 Å². The van der Waals surface area contributed by atoms with Crippen LogP contribution in [0, 0.1) is 0 Å². The van der Waals surface area contributed by atoms with Crippen LogP contribution >= 0.6 is 0 Å². The second kappa shape index (κ2) is 9.58. The normalized spacial score (nSPS) is 18.6. The Morgan fingerprint density at radius 3 is 2.17 bits per heavy atom. The van der Waals surface area contributed by atoms with Crippen LogP contribution in [0.25, 0.3) is 0 Å². The molecule has 8 heteroatoms. The van der Waals surface area contributed by atoms with Gasteiger partial charge in [0, 0.05) is 42.9 Å². The van der Waals surface area contributed by atoms with Gasteiger partial charge in [-0.3, -0.25) is 0 Å². The van der Waals surface area contributed by atoms with Gasteiger partial charge in [0.25, 0.3) is 0 Å². The number of likely N-dealkylation sites (tertiary alicyclic amines) is 1. The summed E-state index contributed by atoms with van der Waals surface area (Å²) in [6.07, 6.45) is 0. The minimum absolute atomic E-state index is 0.0550. The average Bonchev–Trinajstić information content (AvgIpc) is 3.12. The fraction of sp³-hybridized carbons (Fsp3) is 0.409. The smallest absolute Gasteiger partial charge is 0.319 e. The van der Waals surface area contributed by atoms with Gasteiger partial charge in [0.1, 0.15) is 11.5 Å². The summed E-state index contributed by atoms with van der Waals surface area (Å²) in [5.74, 6) is 2.69. The number of anilines is 1. The fourth-order valence-electron chi connectivity index (χ4n) is 3.78. The number of hydrogen-bond donors (Lipinski definition) is 2. The molecule has 8 nitrogen and oxygen atoms in total. The standard InChI is InChI=1S/C22H29N3O5/c1-25-12-18(14-6-7-20(29-4)21(8-14)30-5)19(13-25)24-22(26)23-15-9-16(27-2)11-17(10-15)28-3/h6-11,18-19H,12-13H2,1-5H3,(H2,23,24,26)/t18-,19+/m0/s1. The van der Waals surface area contributed by atoms with Crippen molar-refractivity contribution in [2.45, 2.75) is 12.0 Å². The maximum atomic E-state index is 12.7. The first-order valence-corrected chi connectivity index (χ1v) is 9.68. The lowest BCUT2D eigenvalue weighted by molar-refractivity contribution is 0.247. The van der Waals surface area contributed by atoms with E-state index >= 15 is 0 Å². The van der Waals surface area contributed by atoms with Crippen LogP contribution in [0.4, 0.5) is 10.5 Å². The van der Waals surface area contributed by atoms with Gasteiger partial charge in [0.05, 0.1) is 34.5 Å². The Hall–Kier alpha value is -3.13. The van der Waals surface area contributed by atoms with Crippen molar-refractivity contribution >= 4 is 11.7 Å². The lowest BCUT2D eigenvalue weighted by Crippen LogP contribution is -2.42. The topological polar surface area (TPSA) is 81.3 Å². The molecule has 2 N–H and O–H groups in total. The van der Waals surface area contributed by atoms with E-state index in [4.69, 9.17) is 18.9 Å². The Kier molecular flexibility index (Phi) is 6.89. The molecule has 1 heterocycles. The summed E-state index contributed by atoms with van der Waals surface area (Å²) in [6, 6.07) is 10.8. The Morgan fingerprint density at radius 1 is 0.900 bits per heavy atom. The predicted molar refractivity (Wildman–Crippen MR) is 115 cm³/mol. The molecule has 2 amide bonds. The van der Waals surface area contributed by atoms with Gasteiger partial charge in [-0.05, 0) is 24.7 Å². The summed E-state index contributed by atoms with van der Waals surface area (Å²) in [5, 5.41) is 5.97. The lowest BCUT2D eigenvalue weighted by atomic mass is 9.94. The lowest BCUT2D eigenvalue weighted by Gasteiger charge is -2.22. The highest BCUT2D eigenvalue weighted by atomic mass is 16.5. The van der Waals surface area contributed by atoms with Crippen molar-refractivity contribution in [3.63, 3.8) is 0 Å². The largest absolute Gasteiger partial charge is 0.497 e. The maximum Gasteiger partial charge on any atom is 0.319 e. The van der Waals surface area contributed by atoms with Gasteiger partial charge in [-0.1, -0.05) is 6.07 Å². The van der Waals surface area contributed by atoms with Gasteiger partial charge < -0.3 is 34.5 Å². The van der Waals surface area contributed by atoms with E-state index in [1.807, 2.05) is 25.2 Å². The molecule has 1 saturated heterocycles. The van der Waals surface area contributed by atoms with Crippen molar-refractivity contribution in [3.8, 4) is 23.0 Å². The summed E-state index contributed by atoms with van der Waals surface area (Å²) >= 11 is 0. The third-order valence-corrected chi connectivity index (χ3v) is 5.26. The third kappa shape index (κ3) is 4.88. The van der Waals surface area contributed by atoms with Gasteiger partial charge in [-0.25, -0.2) is 4.79 Å². The monoisotopic (exact) mass is 415 g/mol. The van der Waals surface area contributed by atoms with E-state index in [0.29, 0.717) is 28.7 Å². The number of nitrogens with zero attached hydrogens (tertiary/aromatic N) is 1. The molecular formula is C22H29N3O5. The number of carbonyl (C=O) groups excluding carboxylic acids is 1. The predicted octanol–water partition coefficient (Wildman–Crippen LogP) is 2.94. The Morgan fingerprint density at radius 2 is 1.57 bits per heavy atom. The van der Waals surface area contributed by atoms with Crippen LogP contribution < -0.4 is 29.6 Å². The molecule has 0 bridgehead atoms. The molecule has 0 radical (unpaired) electrons. The minimum Gasteiger partial charge on any atom is -0.497 e. The van der Waals surface area contributed by atoms with Gasteiger partial charge in [-0.15, -0.1) is 0 Å². The van der Waals surface area contributed by atoms with Crippen molar-refractivity contribution in [3.05, 3.63) is 42.0 Å². The van der Waals surface area contributed by atoms with Crippen molar-refractivity contribution in [2.75, 3.05) is 53.9 Å². The number of benzene rings is 2. The highest BCUT2D eigenvalue weighted by Crippen LogP contribution is 2.34.